The van der Waals surface area contributed by atoms with E-state index in [1.807, 2.05) is 0 Å². The number of benzene rings is 1. The normalized spacial score (nSPS) is 12.8. The molecule has 0 spiro atoms. The topological polar surface area (TPSA) is 0 Å². The van der Waals surface area contributed by atoms with Crippen LogP contribution in [0, 0.1) is 12.3 Å². The van der Waals surface area contributed by atoms with Crippen LogP contribution < -0.4 is 0 Å². The van der Waals surface area contributed by atoms with Gasteiger partial charge in [0, 0.05) is 5.57 Å². The van der Waals surface area contributed by atoms with Crippen LogP contribution in [0.3, 0.4) is 0 Å². The van der Waals surface area contributed by atoms with Crippen LogP contribution in [0.4, 0.5) is 26.3 Å². The SMILES string of the molecule is C#CC(=C/C)/C=C(\C(=C)c1ccc(C(F)(F)F)cc1)C(F)(F)F.CCC. The van der Waals surface area contributed by atoms with Gasteiger partial charge in [-0.15, -0.1) is 6.42 Å². The van der Waals surface area contributed by atoms with Crippen molar-refractivity contribution in [2.45, 2.75) is 39.5 Å². The first-order chi connectivity index (χ1) is 11.9. The van der Waals surface area contributed by atoms with E-state index < -0.39 is 29.1 Å². The van der Waals surface area contributed by atoms with Crippen LogP contribution in [0.25, 0.3) is 5.57 Å². The highest BCUT2D eigenvalue weighted by molar-refractivity contribution is 5.79. The summed E-state index contributed by atoms with van der Waals surface area (Å²) in [6, 6.07) is 3.28. The molecule has 0 aliphatic rings. The van der Waals surface area contributed by atoms with Gasteiger partial charge in [-0.25, -0.2) is 0 Å². The first-order valence-electron chi connectivity index (χ1n) is 7.71. The Kier molecular flexibility index (Phi) is 8.98. The van der Waals surface area contributed by atoms with Gasteiger partial charge in [0.05, 0.1) is 11.1 Å². The smallest absolute Gasteiger partial charge is 0.166 e. The molecule has 0 saturated heterocycles. The molecular weight excluding hydrogens is 354 g/mol. The van der Waals surface area contributed by atoms with Gasteiger partial charge in [0.15, 0.2) is 0 Å². The van der Waals surface area contributed by atoms with E-state index >= 15 is 0 Å². The van der Waals surface area contributed by atoms with Crippen LogP contribution >= 0.6 is 0 Å². The van der Waals surface area contributed by atoms with Crippen LogP contribution in [0.15, 0.2) is 54.1 Å². The van der Waals surface area contributed by atoms with Gasteiger partial charge in [0.25, 0.3) is 0 Å². The molecule has 0 amide bonds. The van der Waals surface area contributed by atoms with Gasteiger partial charge in [-0.2, -0.15) is 26.3 Å². The second-order valence-corrected chi connectivity index (χ2v) is 5.20. The number of terminal acetylenes is 1. The van der Waals surface area contributed by atoms with Crippen molar-refractivity contribution in [3.05, 3.63) is 65.3 Å². The lowest BCUT2D eigenvalue weighted by Crippen LogP contribution is -2.13. The Labute approximate surface area is 149 Å². The minimum Gasteiger partial charge on any atom is -0.166 e. The zero-order valence-electron chi connectivity index (χ0n) is 14.7. The number of hydrogen-bond donors (Lipinski definition) is 0. The van der Waals surface area contributed by atoms with Crippen molar-refractivity contribution in [1.29, 1.82) is 0 Å². The maximum atomic E-state index is 13.2. The molecule has 0 aliphatic carbocycles. The van der Waals surface area contributed by atoms with E-state index in [0.717, 1.165) is 18.2 Å². The average Bonchev–Trinajstić information content (AvgIpc) is 2.54. The van der Waals surface area contributed by atoms with Gasteiger partial charge in [-0.1, -0.05) is 51.0 Å². The molecule has 0 radical (unpaired) electrons. The van der Waals surface area contributed by atoms with Crippen LogP contribution in [-0.4, -0.2) is 6.18 Å². The van der Waals surface area contributed by atoms with E-state index in [2.05, 4.69) is 26.3 Å². The predicted octanol–water partition coefficient (Wildman–Crippen LogP) is 7.20. The third kappa shape index (κ3) is 7.22. The molecule has 0 unspecified atom stereocenters. The largest absolute Gasteiger partial charge is 0.417 e. The summed E-state index contributed by atoms with van der Waals surface area (Å²) < 4.78 is 76.9. The lowest BCUT2D eigenvalue weighted by molar-refractivity contribution is -0.137. The van der Waals surface area contributed by atoms with Gasteiger partial charge >= 0.3 is 12.4 Å². The molecular formula is C20H20F6. The van der Waals surface area contributed by atoms with E-state index in [1.165, 1.54) is 19.4 Å². The zero-order valence-corrected chi connectivity index (χ0v) is 14.7. The molecule has 26 heavy (non-hydrogen) atoms. The fraction of sp³-hybridized carbons (Fsp3) is 0.300. The molecule has 0 aliphatic heterocycles. The molecule has 0 bridgehead atoms. The van der Waals surface area contributed by atoms with Crippen LogP contribution in [0.1, 0.15) is 38.3 Å². The Bertz CT molecular complexity index is 692. The lowest BCUT2D eigenvalue weighted by Gasteiger charge is -2.15. The minimum absolute atomic E-state index is 0.00890. The molecule has 1 aromatic carbocycles. The van der Waals surface area contributed by atoms with E-state index in [9.17, 15) is 26.3 Å². The fourth-order valence-corrected chi connectivity index (χ4v) is 1.72. The first kappa shape index (κ1) is 23.6. The maximum absolute atomic E-state index is 13.2. The van der Waals surface area contributed by atoms with E-state index in [4.69, 9.17) is 6.42 Å². The van der Waals surface area contributed by atoms with Crippen LogP contribution in [-0.2, 0) is 6.18 Å². The highest BCUT2D eigenvalue weighted by atomic mass is 19.4. The predicted molar refractivity (Wildman–Crippen MR) is 93.2 cm³/mol. The Hall–Kier alpha value is -2.42. The molecule has 0 nitrogen and oxygen atoms in total. The summed E-state index contributed by atoms with van der Waals surface area (Å²) >= 11 is 0. The number of halogens is 6. The van der Waals surface area contributed by atoms with Gasteiger partial charge in [-0.05, 0) is 36.3 Å². The highest BCUT2D eigenvalue weighted by Gasteiger charge is 2.36. The molecule has 0 saturated carbocycles. The summed E-state index contributed by atoms with van der Waals surface area (Å²) in [5.74, 6) is 2.08. The third-order valence-corrected chi connectivity index (χ3v) is 2.97. The van der Waals surface area contributed by atoms with Gasteiger partial charge in [-0.3, -0.25) is 0 Å². The molecule has 0 atom stereocenters. The summed E-state index contributed by atoms with van der Waals surface area (Å²) in [7, 11) is 0. The Morgan fingerprint density at radius 3 is 1.85 bits per heavy atom. The van der Waals surface area contributed by atoms with E-state index in [0.29, 0.717) is 12.1 Å². The van der Waals surface area contributed by atoms with E-state index in [1.54, 1.807) is 0 Å². The van der Waals surface area contributed by atoms with Crippen LogP contribution in [0.5, 0.6) is 0 Å². The van der Waals surface area contributed by atoms with Crippen molar-refractivity contribution in [2.24, 2.45) is 0 Å². The van der Waals surface area contributed by atoms with Crippen molar-refractivity contribution >= 4 is 5.57 Å². The van der Waals surface area contributed by atoms with Crippen LogP contribution in [0.2, 0.25) is 0 Å². The summed E-state index contributed by atoms with van der Waals surface area (Å²) in [6.45, 7) is 9.06. The minimum atomic E-state index is -4.75. The fourth-order valence-electron chi connectivity index (χ4n) is 1.72. The number of alkyl halides is 6. The first-order valence-corrected chi connectivity index (χ1v) is 7.71. The monoisotopic (exact) mass is 374 g/mol. The van der Waals surface area contributed by atoms with Crippen molar-refractivity contribution < 1.29 is 26.3 Å². The van der Waals surface area contributed by atoms with Crippen molar-refractivity contribution in [3.63, 3.8) is 0 Å². The zero-order chi connectivity index (χ0) is 20.5. The molecule has 1 rings (SSSR count). The number of allylic oxidation sites excluding steroid dienone is 5. The van der Waals surface area contributed by atoms with Gasteiger partial charge in [0.2, 0.25) is 0 Å². The molecule has 0 N–H and O–H groups in total. The Morgan fingerprint density at radius 1 is 1.08 bits per heavy atom. The highest BCUT2D eigenvalue weighted by Crippen LogP contribution is 2.37. The molecule has 0 aromatic heterocycles. The average molecular weight is 374 g/mol. The Balaban J connectivity index is 0.00000194. The quantitative estimate of drug-likeness (QED) is 0.298. The molecule has 6 heteroatoms. The molecule has 0 fully saturated rings. The summed E-state index contributed by atoms with van der Waals surface area (Å²) in [5, 5.41) is 0. The summed E-state index contributed by atoms with van der Waals surface area (Å²) in [6.07, 6.45) is -0.917. The maximum Gasteiger partial charge on any atom is 0.417 e. The molecule has 0 heterocycles. The van der Waals surface area contributed by atoms with E-state index in [-0.39, 0.29) is 11.1 Å². The van der Waals surface area contributed by atoms with Gasteiger partial charge < -0.3 is 0 Å². The van der Waals surface area contributed by atoms with Crippen molar-refractivity contribution in [1.82, 2.24) is 0 Å². The second-order valence-electron chi connectivity index (χ2n) is 5.20. The standard InChI is InChI=1S/C17H12F6.C3H8/c1-4-12(5-2)10-15(17(21,22)23)11(3)13-6-8-14(9-7-13)16(18,19)20;1-3-2/h1,5-10H,3H2,2H3;3H2,1-2H3/b12-5-,15-10+;. The number of hydrogen-bond acceptors (Lipinski definition) is 0. The lowest BCUT2D eigenvalue weighted by atomic mass is 9.96. The van der Waals surface area contributed by atoms with Gasteiger partial charge in [0.1, 0.15) is 0 Å². The molecule has 142 valence electrons. The van der Waals surface area contributed by atoms with Crippen molar-refractivity contribution in [3.8, 4) is 12.3 Å². The Morgan fingerprint density at radius 2 is 1.54 bits per heavy atom. The second kappa shape index (κ2) is 9.91. The third-order valence-electron chi connectivity index (χ3n) is 2.97. The number of rotatable bonds is 3. The van der Waals surface area contributed by atoms with Crippen molar-refractivity contribution in [2.75, 3.05) is 0 Å². The summed E-state index contributed by atoms with van der Waals surface area (Å²) in [5.41, 5.74) is -2.60. The summed E-state index contributed by atoms with van der Waals surface area (Å²) in [4.78, 5) is 0. The molecule has 1 aromatic rings.